The van der Waals surface area contributed by atoms with E-state index in [0.29, 0.717) is 19.6 Å². The second kappa shape index (κ2) is 10.7. The molecular weight excluding hydrogens is 268 g/mol. The average Bonchev–Trinajstić information content (AvgIpc) is 2.51. The summed E-state index contributed by atoms with van der Waals surface area (Å²) in [5, 5.41) is 6.38. The Bertz CT molecular complexity index is 435. The van der Waals surface area contributed by atoms with Gasteiger partial charge in [0.1, 0.15) is 0 Å². The summed E-state index contributed by atoms with van der Waals surface area (Å²) in [5.41, 5.74) is 1.04. The molecule has 0 amide bonds. The van der Waals surface area contributed by atoms with Crippen molar-refractivity contribution < 1.29 is 9.53 Å². The lowest BCUT2D eigenvalue weighted by molar-refractivity contribution is -0.143. The number of nitrogens with zero attached hydrogens (tertiary/aromatic N) is 2. The molecular formula is C15H24N4O2. The van der Waals surface area contributed by atoms with Gasteiger partial charge in [0.25, 0.3) is 0 Å². The Balaban J connectivity index is 2.13. The van der Waals surface area contributed by atoms with E-state index in [1.54, 1.807) is 13.2 Å². The predicted octanol–water partition coefficient (Wildman–Crippen LogP) is 1.13. The van der Waals surface area contributed by atoms with Crippen LogP contribution in [0.3, 0.4) is 0 Å². The van der Waals surface area contributed by atoms with Crippen LogP contribution in [0.2, 0.25) is 0 Å². The molecule has 2 N–H and O–H groups in total. The number of hydrogen-bond donors (Lipinski definition) is 2. The number of guanidine groups is 1. The third-order valence-electron chi connectivity index (χ3n) is 2.78. The highest BCUT2D eigenvalue weighted by Gasteiger charge is 2.02. The van der Waals surface area contributed by atoms with Gasteiger partial charge in [-0.3, -0.25) is 14.8 Å². The van der Waals surface area contributed by atoms with Crippen molar-refractivity contribution in [2.45, 2.75) is 26.2 Å². The van der Waals surface area contributed by atoms with E-state index in [4.69, 9.17) is 4.74 Å². The fraction of sp³-hybridized carbons (Fsp3) is 0.533. The van der Waals surface area contributed by atoms with E-state index in [1.165, 1.54) is 0 Å². The number of esters is 1. The topological polar surface area (TPSA) is 75.6 Å². The molecule has 0 aliphatic heterocycles. The molecule has 6 nitrogen and oxygen atoms in total. The van der Waals surface area contributed by atoms with Crippen molar-refractivity contribution in [2.75, 3.05) is 26.7 Å². The van der Waals surface area contributed by atoms with Gasteiger partial charge in [0, 0.05) is 44.9 Å². The van der Waals surface area contributed by atoms with Crippen molar-refractivity contribution in [1.29, 1.82) is 0 Å². The zero-order chi connectivity index (χ0) is 15.3. The van der Waals surface area contributed by atoms with Gasteiger partial charge in [-0.2, -0.15) is 0 Å². The second-order valence-corrected chi connectivity index (χ2v) is 4.41. The number of aromatic nitrogens is 1. The Kier molecular flexibility index (Phi) is 8.59. The first kappa shape index (κ1) is 16.9. The highest BCUT2D eigenvalue weighted by Crippen LogP contribution is 1.93. The zero-order valence-electron chi connectivity index (χ0n) is 12.8. The molecule has 21 heavy (non-hydrogen) atoms. The second-order valence-electron chi connectivity index (χ2n) is 4.41. The molecule has 0 bridgehead atoms. The summed E-state index contributed by atoms with van der Waals surface area (Å²) >= 11 is 0. The molecule has 116 valence electrons. The van der Waals surface area contributed by atoms with E-state index in [-0.39, 0.29) is 5.97 Å². The Morgan fingerprint density at radius 1 is 1.33 bits per heavy atom. The van der Waals surface area contributed by atoms with E-state index in [0.717, 1.165) is 31.0 Å². The van der Waals surface area contributed by atoms with Gasteiger partial charge in [-0.25, -0.2) is 0 Å². The number of carbonyl (C=O) groups excluding carboxylic acids is 1. The first-order valence-corrected chi connectivity index (χ1v) is 7.26. The fourth-order valence-electron chi connectivity index (χ4n) is 1.75. The smallest absolute Gasteiger partial charge is 0.305 e. The quantitative estimate of drug-likeness (QED) is 0.325. The van der Waals surface area contributed by atoms with Gasteiger partial charge in [0.15, 0.2) is 5.96 Å². The van der Waals surface area contributed by atoms with Gasteiger partial charge in [-0.05, 0) is 25.5 Å². The van der Waals surface area contributed by atoms with Crippen molar-refractivity contribution >= 4 is 11.9 Å². The van der Waals surface area contributed by atoms with Crippen LogP contribution in [-0.4, -0.2) is 43.7 Å². The van der Waals surface area contributed by atoms with Crippen LogP contribution < -0.4 is 10.6 Å². The minimum absolute atomic E-state index is 0.155. The van der Waals surface area contributed by atoms with Crippen LogP contribution >= 0.6 is 0 Å². The van der Waals surface area contributed by atoms with Crippen molar-refractivity contribution in [3.63, 3.8) is 0 Å². The number of nitrogens with one attached hydrogen (secondary N) is 2. The molecule has 1 rings (SSSR count). The maximum absolute atomic E-state index is 11.2. The predicted molar refractivity (Wildman–Crippen MR) is 83.2 cm³/mol. The monoisotopic (exact) mass is 292 g/mol. The molecule has 0 spiro atoms. The summed E-state index contributed by atoms with van der Waals surface area (Å²) in [6.07, 6.45) is 3.77. The molecule has 1 aromatic rings. The lowest BCUT2D eigenvalue weighted by Crippen LogP contribution is -2.38. The van der Waals surface area contributed by atoms with Crippen LogP contribution in [-0.2, 0) is 16.0 Å². The Labute approximate surface area is 126 Å². The molecule has 0 saturated heterocycles. The number of ether oxygens (including phenoxy) is 1. The van der Waals surface area contributed by atoms with Crippen LogP contribution in [0.5, 0.6) is 0 Å². The summed E-state index contributed by atoms with van der Waals surface area (Å²) in [6, 6.07) is 5.88. The fourth-order valence-corrected chi connectivity index (χ4v) is 1.75. The van der Waals surface area contributed by atoms with Crippen LogP contribution in [0, 0.1) is 0 Å². The highest BCUT2D eigenvalue weighted by molar-refractivity contribution is 5.79. The van der Waals surface area contributed by atoms with E-state index in [2.05, 4.69) is 20.6 Å². The molecule has 0 unspecified atom stereocenters. The number of aliphatic imine (C=N–C) groups is 1. The summed E-state index contributed by atoms with van der Waals surface area (Å²) in [7, 11) is 1.72. The van der Waals surface area contributed by atoms with Crippen LogP contribution in [0.4, 0.5) is 0 Å². The van der Waals surface area contributed by atoms with Gasteiger partial charge in [0.05, 0.1) is 6.61 Å². The van der Waals surface area contributed by atoms with Gasteiger partial charge in [-0.15, -0.1) is 0 Å². The summed E-state index contributed by atoms with van der Waals surface area (Å²) < 4.78 is 4.87. The van der Waals surface area contributed by atoms with E-state index in [1.807, 2.05) is 25.1 Å². The number of carbonyl (C=O) groups is 1. The molecule has 0 aliphatic rings. The molecule has 0 radical (unpaired) electrons. The SMILES string of the molecule is CCOC(=O)CCCNC(=NC)NCCc1ccccn1. The van der Waals surface area contributed by atoms with Crippen molar-refractivity contribution in [1.82, 2.24) is 15.6 Å². The Morgan fingerprint density at radius 2 is 2.14 bits per heavy atom. The van der Waals surface area contributed by atoms with Crippen molar-refractivity contribution in [2.24, 2.45) is 4.99 Å². The lowest BCUT2D eigenvalue weighted by Gasteiger charge is -2.11. The van der Waals surface area contributed by atoms with Crippen LogP contribution in [0.25, 0.3) is 0 Å². The molecule has 1 heterocycles. The molecule has 1 aromatic heterocycles. The first-order valence-electron chi connectivity index (χ1n) is 7.26. The third-order valence-corrected chi connectivity index (χ3v) is 2.78. The molecule has 0 aromatic carbocycles. The Morgan fingerprint density at radius 3 is 2.81 bits per heavy atom. The summed E-state index contributed by atoms with van der Waals surface area (Å²) in [4.78, 5) is 19.6. The molecule has 0 aliphatic carbocycles. The maximum atomic E-state index is 11.2. The van der Waals surface area contributed by atoms with Crippen molar-refractivity contribution in [3.05, 3.63) is 30.1 Å². The Hall–Kier alpha value is -2.11. The van der Waals surface area contributed by atoms with Gasteiger partial charge in [-0.1, -0.05) is 6.07 Å². The highest BCUT2D eigenvalue weighted by atomic mass is 16.5. The van der Waals surface area contributed by atoms with E-state index < -0.39 is 0 Å². The number of hydrogen-bond acceptors (Lipinski definition) is 4. The summed E-state index contributed by atoms with van der Waals surface area (Å²) in [6.45, 7) is 3.68. The number of rotatable bonds is 8. The average molecular weight is 292 g/mol. The normalized spacial score (nSPS) is 11.0. The molecule has 0 saturated carbocycles. The molecule has 0 atom stereocenters. The van der Waals surface area contributed by atoms with Crippen molar-refractivity contribution in [3.8, 4) is 0 Å². The minimum Gasteiger partial charge on any atom is -0.466 e. The van der Waals surface area contributed by atoms with Gasteiger partial charge in [0.2, 0.25) is 0 Å². The standard InChI is InChI=1S/C15H24N4O2/c1-3-21-14(20)8-6-11-18-15(16-2)19-12-9-13-7-4-5-10-17-13/h4-5,7,10H,3,6,8-9,11-12H2,1-2H3,(H2,16,18,19). The van der Waals surface area contributed by atoms with Gasteiger partial charge < -0.3 is 15.4 Å². The lowest BCUT2D eigenvalue weighted by atomic mass is 10.3. The van der Waals surface area contributed by atoms with E-state index >= 15 is 0 Å². The zero-order valence-corrected chi connectivity index (χ0v) is 12.8. The maximum Gasteiger partial charge on any atom is 0.305 e. The first-order chi connectivity index (χ1) is 10.3. The van der Waals surface area contributed by atoms with E-state index in [9.17, 15) is 4.79 Å². The molecule has 0 fully saturated rings. The van der Waals surface area contributed by atoms with Crippen LogP contribution in [0.1, 0.15) is 25.5 Å². The third kappa shape index (κ3) is 7.91. The largest absolute Gasteiger partial charge is 0.466 e. The minimum atomic E-state index is -0.155. The summed E-state index contributed by atoms with van der Waals surface area (Å²) in [5.74, 6) is 0.576. The van der Waals surface area contributed by atoms with Gasteiger partial charge >= 0.3 is 5.97 Å². The van der Waals surface area contributed by atoms with Crippen LogP contribution in [0.15, 0.2) is 29.4 Å². The molecule has 6 heteroatoms. The number of pyridine rings is 1.